The van der Waals surface area contributed by atoms with Gasteiger partial charge in [-0.05, 0) is 49.9 Å². The molecule has 102 valence electrons. The van der Waals surface area contributed by atoms with Crippen LogP contribution in [0.15, 0.2) is 18.2 Å². The molecule has 5 heteroatoms. The van der Waals surface area contributed by atoms with Crippen molar-refractivity contribution >= 4 is 11.8 Å². The van der Waals surface area contributed by atoms with Crippen LogP contribution in [-0.4, -0.2) is 24.4 Å². The zero-order valence-corrected chi connectivity index (χ0v) is 10.8. The molecule has 1 heterocycles. The Bertz CT molecular complexity index is 502. The fraction of sp³-hybridized carbons (Fsp3) is 0.429. The predicted octanol–water partition coefficient (Wildman–Crippen LogP) is 1.53. The number of nitrogens with one attached hydrogen (secondary N) is 2. The topological polar surface area (TPSA) is 58.2 Å². The Morgan fingerprint density at radius 1 is 1.42 bits per heavy atom. The van der Waals surface area contributed by atoms with Gasteiger partial charge in [0.1, 0.15) is 11.9 Å². The van der Waals surface area contributed by atoms with Gasteiger partial charge in [0.2, 0.25) is 5.91 Å². The Labute approximate surface area is 111 Å². The molecule has 2 rings (SSSR count). The van der Waals surface area contributed by atoms with Gasteiger partial charge in [0.15, 0.2) is 0 Å². The number of rotatable bonds is 2. The van der Waals surface area contributed by atoms with E-state index in [-0.39, 0.29) is 17.6 Å². The zero-order valence-electron chi connectivity index (χ0n) is 10.8. The van der Waals surface area contributed by atoms with Crippen LogP contribution in [0.3, 0.4) is 0 Å². The quantitative estimate of drug-likeness (QED) is 0.851. The molecule has 1 aliphatic rings. The van der Waals surface area contributed by atoms with Crippen molar-refractivity contribution in [1.82, 2.24) is 10.6 Å². The van der Waals surface area contributed by atoms with E-state index < -0.39 is 6.04 Å². The number of carbonyl (C=O) groups is 2. The molecule has 2 N–H and O–H groups in total. The lowest BCUT2D eigenvalue weighted by Crippen LogP contribution is -2.45. The van der Waals surface area contributed by atoms with Gasteiger partial charge >= 0.3 is 0 Å². The van der Waals surface area contributed by atoms with Gasteiger partial charge in [-0.25, -0.2) is 4.39 Å². The number of halogens is 1. The second-order valence-corrected chi connectivity index (χ2v) is 4.78. The minimum atomic E-state index is -0.500. The summed E-state index contributed by atoms with van der Waals surface area (Å²) in [5.74, 6) is -0.835. The van der Waals surface area contributed by atoms with Crippen LogP contribution in [0.4, 0.5) is 4.39 Å². The summed E-state index contributed by atoms with van der Waals surface area (Å²) in [7, 11) is 0. The third-order valence-corrected chi connectivity index (χ3v) is 3.26. The van der Waals surface area contributed by atoms with Gasteiger partial charge in [0, 0.05) is 12.1 Å². The highest BCUT2D eigenvalue weighted by atomic mass is 19.1. The monoisotopic (exact) mass is 264 g/mol. The molecular weight excluding hydrogens is 247 g/mol. The molecule has 0 spiro atoms. The predicted molar refractivity (Wildman–Crippen MR) is 69.3 cm³/mol. The van der Waals surface area contributed by atoms with Crippen LogP contribution in [0.1, 0.15) is 35.2 Å². The highest BCUT2D eigenvalue weighted by Gasteiger charge is 2.22. The number of aryl methyl sites for hydroxylation is 1. The average Bonchev–Trinajstić information content (AvgIpc) is 2.58. The summed E-state index contributed by atoms with van der Waals surface area (Å²) in [6, 6.07) is 3.67. The van der Waals surface area contributed by atoms with Crippen LogP contribution in [0.5, 0.6) is 0 Å². The van der Waals surface area contributed by atoms with E-state index in [1.807, 2.05) is 0 Å². The van der Waals surface area contributed by atoms with E-state index >= 15 is 0 Å². The first kappa shape index (κ1) is 13.5. The van der Waals surface area contributed by atoms with Gasteiger partial charge in [0.25, 0.3) is 5.91 Å². The summed E-state index contributed by atoms with van der Waals surface area (Å²) in [6.07, 6.45) is 2.46. The third-order valence-electron chi connectivity index (χ3n) is 3.26. The Kier molecular flexibility index (Phi) is 4.14. The normalized spacial score (nSPS) is 19.5. The Hall–Kier alpha value is -1.91. The summed E-state index contributed by atoms with van der Waals surface area (Å²) in [5.41, 5.74) is 0.786. The molecule has 0 aliphatic carbocycles. The summed E-state index contributed by atoms with van der Waals surface area (Å²) in [6.45, 7) is 2.26. The number of benzene rings is 1. The van der Waals surface area contributed by atoms with E-state index in [0.29, 0.717) is 24.1 Å². The van der Waals surface area contributed by atoms with Gasteiger partial charge in [-0.3, -0.25) is 9.59 Å². The molecule has 0 radical (unpaired) electrons. The lowest BCUT2D eigenvalue weighted by molar-refractivity contribution is -0.122. The maximum atomic E-state index is 13.1. The smallest absolute Gasteiger partial charge is 0.251 e. The molecule has 4 nitrogen and oxygen atoms in total. The van der Waals surface area contributed by atoms with Crippen molar-refractivity contribution in [3.05, 3.63) is 35.1 Å². The molecule has 1 aromatic rings. The van der Waals surface area contributed by atoms with Crippen LogP contribution >= 0.6 is 0 Å². The molecule has 0 aromatic heterocycles. The summed E-state index contributed by atoms with van der Waals surface area (Å²) in [5, 5.41) is 5.46. The lowest BCUT2D eigenvalue weighted by atomic mass is 10.1. The summed E-state index contributed by atoms with van der Waals surface area (Å²) in [4.78, 5) is 23.7. The van der Waals surface area contributed by atoms with Gasteiger partial charge in [-0.2, -0.15) is 0 Å². The van der Waals surface area contributed by atoms with Crippen LogP contribution < -0.4 is 10.6 Å². The van der Waals surface area contributed by atoms with Crippen molar-refractivity contribution < 1.29 is 14.0 Å². The Balaban J connectivity index is 2.07. The van der Waals surface area contributed by atoms with Crippen molar-refractivity contribution in [2.45, 2.75) is 32.2 Å². The van der Waals surface area contributed by atoms with Crippen LogP contribution in [-0.2, 0) is 4.79 Å². The first-order chi connectivity index (χ1) is 9.08. The van der Waals surface area contributed by atoms with Gasteiger partial charge in [-0.1, -0.05) is 0 Å². The van der Waals surface area contributed by atoms with E-state index in [4.69, 9.17) is 0 Å². The minimum Gasteiger partial charge on any atom is -0.354 e. The second kappa shape index (κ2) is 5.82. The maximum absolute atomic E-state index is 13.1. The van der Waals surface area contributed by atoms with E-state index in [9.17, 15) is 14.0 Å². The highest BCUT2D eigenvalue weighted by Crippen LogP contribution is 2.11. The zero-order chi connectivity index (χ0) is 13.8. The van der Waals surface area contributed by atoms with Crippen molar-refractivity contribution in [2.24, 2.45) is 0 Å². The van der Waals surface area contributed by atoms with Gasteiger partial charge in [0.05, 0.1) is 0 Å². The molecule has 1 atom stereocenters. The van der Waals surface area contributed by atoms with Crippen molar-refractivity contribution in [2.75, 3.05) is 6.54 Å². The largest absolute Gasteiger partial charge is 0.354 e. The van der Waals surface area contributed by atoms with Crippen LogP contribution in [0.25, 0.3) is 0 Å². The fourth-order valence-electron chi connectivity index (χ4n) is 2.10. The number of hydrogen-bond donors (Lipinski definition) is 2. The van der Waals surface area contributed by atoms with E-state index in [2.05, 4.69) is 10.6 Å². The van der Waals surface area contributed by atoms with Crippen molar-refractivity contribution in [3.8, 4) is 0 Å². The van der Waals surface area contributed by atoms with E-state index in [0.717, 1.165) is 12.8 Å². The minimum absolute atomic E-state index is 0.148. The van der Waals surface area contributed by atoms with Gasteiger partial charge < -0.3 is 10.6 Å². The third kappa shape index (κ3) is 3.30. The molecule has 1 unspecified atom stereocenters. The first-order valence-corrected chi connectivity index (χ1v) is 6.42. The molecule has 1 aliphatic heterocycles. The molecule has 1 fully saturated rings. The average molecular weight is 264 g/mol. The number of carbonyl (C=O) groups excluding carboxylic acids is 2. The van der Waals surface area contributed by atoms with Crippen molar-refractivity contribution in [3.63, 3.8) is 0 Å². The molecule has 19 heavy (non-hydrogen) atoms. The molecule has 1 aromatic carbocycles. The molecule has 0 saturated carbocycles. The van der Waals surface area contributed by atoms with E-state index in [1.54, 1.807) is 6.92 Å². The maximum Gasteiger partial charge on any atom is 0.251 e. The van der Waals surface area contributed by atoms with Crippen LogP contribution in [0.2, 0.25) is 0 Å². The summed E-state index contributed by atoms with van der Waals surface area (Å²) < 4.78 is 13.1. The standard InChI is InChI=1S/C14H17FN2O2/c1-9-8-10(5-6-11(9)15)13(18)17-12-4-2-3-7-16-14(12)19/h5-6,8,12H,2-4,7H2,1H3,(H,16,19)(H,17,18). The Morgan fingerprint density at radius 2 is 2.21 bits per heavy atom. The van der Waals surface area contributed by atoms with Crippen molar-refractivity contribution in [1.29, 1.82) is 0 Å². The lowest BCUT2D eigenvalue weighted by Gasteiger charge is -2.15. The molecular formula is C14H17FN2O2. The highest BCUT2D eigenvalue weighted by molar-refractivity contribution is 5.97. The van der Waals surface area contributed by atoms with E-state index in [1.165, 1.54) is 18.2 Å². The van der Waals surface area contributed by atoms with Crippen LogP contribution in [0, 0.1) is 12.7 Å². The molecule has 2 amide bonds. The second-order valence-electron chi connectivity index (χ2n) is 4.78. The first-order valence-electron chi connectivity index (χ1n) is 6.42. The number of amides is 2. The SMILES string of the molecule is Cc1cc(C(=O)NC2CCCCNC2=O)ccc1F. The summed E-state index contributed by atoms with van der Waals surface area (Å²) >= 11 is 0. The fourth-order valence-corrected chi connectivity index (χ4v) is 2.10. The van der Waals surface area contributed by atoms with Gasteiger partial charge in [-0.15, -0.1) is 0 Å². The Morgan fingerprint density at radius 3 is 2.95 bits per heavy atom. The number of hydrogen-bond acceptors (Lipinski definition) is 2. The molecule has 0 bridgehead atoms. The molecule has 1 saturated heterocycles.